The molecule has 0 amide bonds. The van der Waals surface area contributed by atoms with E-state index in [2.05, 4.69) is 59.1 Å². The average molecular weight is 1120 g/mol. The third-order valence-electron chi connectivity index (χ3n) is 11.2. The zero-order valence-corrected chi connectivity index (χ0v) is 37.5. The van der Waals surface area contributed by atoms with Gasteiger partial charge in [0.25, 0.3) is 0 Å². The van der Waals surface area contributed by atoms with Crippen LogP contribution in [0.25, 0.3) is 10.2 Å². The highest BCUT2D eigenvalue weighted by Gasteiger charge is 2.47. The van der Waals surface area contributed by atoms with E-state index in [1.54, 1.807) is 11.3 Å². The van der Waals surface area contributed by atoms with Crippen molar-refractivity contribution < 1.29 is 110 Å². The summed E-state index contributed by atoms with van der Waals surface area (Å²) in [4.78, 5) is 1.01. The van der Waals surface area contributed by atoms with Crippen LogP contribution in [0.3, 0.4) is 0 Å². The maximum Gasteiger partial charge on any atom is 0.416 e. The smallest absolute Gasteiger partial charge is 0.194 e. The Hall–Kier alpha value is -6.06. The Morgan fingerprint density at radius 2 is 0.608 bits per heavy atom. The quantitative estimate of drug-likeness (QED) is 0.0732. The topological polar surface area (TPSA) is 3.88 Å². The third-order valence-corrected chi connectivity index (χ3v) is 12.5. The molecule has 0 saturated carbocycles. The van der Waals surface area contributed by atoms with Crippen molar-refractivity contribution in [2.75, 3.05) is 0 Å². The SMILES string of the molecule is FC(F)(F)c1cc([B-](c2cc(C(F)(F)F)cc(C(F)(F)F)c2)(c2cc(C(F)(F)F)cc(C(F)(F)F)c2)c2cc(C(F)(F)F)cc(C(F)(F)F)c2)cc(C(F)(F)F)c1.Sc1ccc(C[n+]2csc3ccccc32)cc1. The Kier molecular flexibility index (Phi) is 15.1. The van der Waals surface area contributed by atoms with E-state index in [-0.39, 0.29) is 0 Å². The molecule has 0 N–H and O–H groups in total. The second kappa shape index (κ2) is 19.6. The Morgan fingerprint density at radius 1 is 0.351 bits per heavy atom. The molecule has 6 aromatic carbocycles. The summed E-state index contributed by atoms with van der Waals surface area (Å²) < 4.78 is 344. The first-order valence-corrected chi connectivity index (χ1v) is 21.4. The van der Waals surface area contributed by atoms with Crippen LogP contribution in [-0.2, 0) is 56.0 Å². The molecule has 1 nitrogen and oxygen atoms in total. The fourth-order valence-electron chi connectivity index (χ4n) is 7.96. The normalized spacial score (nSPS) is 13.5. The number of hydrogen-bond acceptors (Lipinski definition) is 2. The molecule has 0 aliphatic rings. The molecular weight excluding hydrogens is 1100 g/mol. The highest BCUT2D eigenvalue weighted by atomic mass is 32.1. The van der Waals surface area contributed by atoms with Crippen molar-refractivity contribution in [3.05, 3.63) is 177 Å². The zero-order valence-electron chi connectivity index (χ0n) is 35.8. The number of nitrogens with zero attached hydrogens (tertiary/aromatic N) is 1. The first-order chi connectivity index (χ1) is 33.6. The number of thiol groups is 1. The summed E-state index contributed by atoms with van der Waals surface area (Å²) in [6.07, 6.45) is -54.8. The van der Waals surface area contributed by atoms with Gasteiger partial charge in [-0.2, -0.15) is 132 Å². The predicted molar refractivity (Wildman–Crippen MR) is 225 cm³/mol. The van der Waals surface area contributed by atoms with E-state index in [0.29, 0.717) is 0 Å². The number of fused-ring (bicyclic) bond motifs is 1. The zero-order chi connectivity index (χ0) is 55.6. The Balaban J connectivity index is 0.000000436. The van der Waals surface area contributed by atoms with E-state index in [0.717, 1.165) is 11.4 Å². The number of benzene rings is 6. The Bertz CT molecular complexity index is 2720. The summed E-state index contributed by atoms with van der Waals surface area (Å²) >= 11 is 6.08. The second-order valence-electron chi connectivity index (χ2n) is 16.2. The van der Waals surface area contributed by atoms with Gasteiger partial charge in [-0.3, -0.25) is 0 Å². The molecule has 0 atom stereocenters. The molecule has 1 heterocycles. The molecule has 7 aromatic rings. The van der Waals surface area contributed by atoms with Gasteiger partial charge in [-0.1, -0.05) is 84.1 Å². The first-order valence-electron chi connectivity index (χ1n) is 20.1. The van der Waals surface area contributed by atoms with Crippen LogP contribution in [0, 0.1) is 0 Å². The second-order valence-corrected chi connectivity index (χ2v) is 17.6. The van der Waals surface area contributed by atoms with Gasteiger partial charge in [0, 0.05) is 16.5 Å². The highest BCUT2D eigenvalue weighted by molar-refractivity contribution is 7.80. The molecule has 1 aromatic heterocycles. The standard InChI is InChI=1S/C32H12BF24.C14H11NS2/c34-25(35,36)13-1-14(26(37,38)39)6-21(5-13)33(22-7-15(27(40,41)42)2-16(8-22)28(43,44)45,23-9-17(29(46,47)48)3-18(10-23)30(49,50)51)24-11-19(31(52,53)54)4-20(12-24)32(55,56)57;16-12-7-5-11(6-8-12)9-15-10-17-14-4-2-1-3-13(14)15/h1-12H;1-8,10H,9H2/q-1;/p+1. The lowest BCUT2D eigenvalue weighted by atomic mass is 9.12. The van der Waals surface area contributed by atoms with Crippen molar-refractivity contribution in [2.24, 2.45) is 0 Å². The first kappa shape index (κ1) is 57.2. The minimum absolute atomic E-state index is 0.691. The van der Waals surface area contributed by atoms with Crippen LogP contribution in [0.4, 0.5) is 105 Å². The van der Waals surface area contributed by atoms with Crippen molar-refractivity contribution in [1.82, 2.24) is 0 Å². The molecule has 7 rings (SSSR count). The van der Waals surface area contributed by atoms with Gasteiger partial charge >= 0.3 is 49.4 Å². The molecule has 28 heteroatoms. The molecule has 0 radical (unpaired) electrons. The van der Waals surface area contributed by atoms with Crippen LogP contribution in [0.2, 0.25) is 0 Å². The summed E-state index contributed by atoms with van der Waals surface area (Å²) in [5.41, 5.74) is -25.4. The molecule has 0 spiro atoms. The minimum Gasteiger partial charge on any atom is -0.194 e. The van der Waals surface area contributed by atoms with E-state index >= 15 is 0 Å². The van der Waals surface area contributed by atoms with E-state index in [4.69, 9.17) is 0 Å². The molecular formula is C46H24BF24NS2. The van der Waals surface area contributed by atoms with Crippen molar-refractivity contribution in [3.8, 4) is 0 Å². The van der Waals surface area contributed by atoms with Crippen LogP contribution in [0.15, 0.2) is 132 Å². The summed E-state index contributed by atoms with van der Waals surface area (Å²) in [6, 6.07) is 8.01. The van der Waals surface area contributed by atoms with E-state index < -0.39 is 195 Å². The summed E-state index contributed by atoms with van der Waals surface area (Å²) in [6.45, 7) is 0.915. The molecule has 0 aliphatic carbocycles. The maximum absolute atomic E-state index is 14.2. The van der Waals surface area contributed by atoms with E-state index in [1.165, 1.54) is 15.8 Å². The fraction of sp³-hybridized carbons (Fsp3) is 0.196. The van der Waals surface area contributed by atoms with Crippen LogP contribution < -0.4 is 26.4 Å². The fourth-order valence-corrected chi connectivity index (χ4v) is 9.00. The number of hydrogen-bond donors (Lipinski definition) is 1. The van der Waals surface area contributed by atoms with Crippen LogP contribution in [0.5, 0.6) is 0 Å². The summed E-state index contributed by atoms with van der Waals surface area (Å²) in [5.74, 6) is 0. The van der Waals surface area contributed by atoms with Gasteiger partial charge in [-0.05, 0) is 42.5 Å². The van der Waals surface area contributed by atoms with Crippen molar-refractivity contribution in [3.63, 3.8) is 0 Å². The number of aromatic nitrogens is 1. The molecule has 0 bridgehead atoms. The number of para-hydroxylation sites is 1. The van der Waals surface area contributed by atoms with E-state index in [9.17, 15) is 105 Å². The number of thiazole rings is 1. The Morgan fingerprint density at radius 3 is 0.865 bits per heavy atom. The maximum atomic E-state index is 14.2. The lowest BCUT2D eigenvalue weighted by Gasteiger charge is -2.46. The summed E-state index contributed by atoms with van der Waals surface area (Å²) in [5, 5.41) is 0. The molecule has 74 heavy (non-hydrogen) atoms. The van der Waals surface area contributed by atoms with Crippen molar-refractivity contribution in [2.45, 2.75) is 60.9 Å². The Labute approximate surface area is 409 Å². The minimum atomic E-state index is -6.13. The highest BCUT2D eigenvalue weighted by Crippen LogP contribution is 2.41. The van der Waals surface area contributed by atoms with Gasteiger partial charge < -0.3 is 0 Å². The van der Waals surface area contributed by atoms with Crippen LogP contribution >= 0.6 is 24.0 Å². The number of halogens is 24. The number of alkyl halides is 24. The molecule has 0 saturated heterocycles. The largest absolute Gasteiger partial charge is 0.416 e. The number of rotatable bonds is 6. The van der Waals surface area contributed by atoms with E-state index in [1.807, 2.05) is 12.1 Å². The van der Waals surface area contributed by atoms with Crippen LogP contribution in [-0.4, -0.2) is 6.15 Å². The molecule has 0 fully saturated rings. The van der Waals surface area contributed by atoms with Gasteiger partial charge in [0.1, 0.15) is 10.8 Å². The molecule has 0 aliphatic heterocycles. The van der Waals surface area contributed by atoms with Gasteiger partial charge in [-0.25, -0.2) is 0 Å². The lowest BCUT2D eigenvalue weighted by Crippen LogP contribution is -2.75. The van der Waals surface area contributed by atoms with Crippen molar-refractivity contribution >= 4 is 62.2 Å². The van der Waals surface area contributed by atoms with Gasteiger partial charge in [0.05, 0.1) is 44.5 Å². The van der Waals surface area contributed by atoms with Gasteiger partial charge in [-0.15, -0.1) is 12.6 Å². The van der Waals surface area contributed by atoms with Crippen LogP contribution in [0.1, 0.15) is 50.1 Å². The monoisotopic (exact) mass is 1120 g/mol. The summed E-state index contributed by atoms with van der Waals surface area (Å²) in [7, 11) is 0. The lowest BCUT2D eigenvalue weighted by molar-refractivity contribution is -0.658. The molecule has 0 unspecified atom stereocenters. The predicted octanol–water partition coefficient (Wildman–Crippen LogP) is 14.7. The average Bonchev–Trinajstić information content (AvgIpc) is 3.67. The third kappa shape index (κ3) is 12.7. The van der Waals surface area contributed by atoms with Gasteiger partial charge in [0.2, 0.25) is 11.0 Å². The van der Waals surface area contributed by atoms with Gasteiger partial charge in [0.15, 0.2) is 6.54 Å². The van der Waals surface area contributed by atoms with Crippen molar-refractivity contribution in [1.29, 1.82) is 0 Å². The molecule has 396 valence electrons.